The number of methoxy groups -OCH3 is 1. The molecule has 0 bridgehead atoms. The van der Waals surface area contributed by atoms with Gasteiger partial charge < -0.3 is 10.1 Å². The number of nitrogens with one attached hydrogen (secondary N) is 1. The second kappa shape index (κ2) is 8.78. The lowest BCUT2D eigenvalue weighted by molar-refractivity contribution is 0.199. The average Bonchev–Trinajstić information content (AvgIpc) is 2.36. The summed E-state index contributed by atoms with van der Waals surface area (Å²) in [6.45, 7) is 2.37. The molecular weight excluding hydrogens is 236 g/mol. The van der Waals surface area contributed by atoms with Crippen LogP contribution in [0, 0.1) is 11.6 Å². The van der Waals surface area contributed by atoms with E-state index in [2.05, 4.69) is 5.32 Å². The van der Waals surface area contributed by atoms with Gasteiger partial charge in [0.05, 0.1) is 6.61 Å². The molecule has 100 valence electrons. The summed E-state index contributed by atoms with van der Waals surface area (Å²) in [5.41, 5.74) is 0.388. The molecule has 0 unspecified atom stereocenters. The zero-order chi connectivity index (χ0) is 13.2. The van der Waals surface area contributed by atoms with E-state index in [1.54, 1.807) is 7.11 Å². The number of halogens is 2. The van der Waals surface area contributed by atoms with E-state index >= 15 is 0 Å². The smallest absolute Gasteiger partial charge is 0.126 e. The number of hydrogen-bond acceptors (Lipinski definition) is 2. The Morgan fingerprint density at radius 2 is 2.06 bits per heavy atom. The molecule has 0 aliphatic carbocycles. The molecule has 2 nitrogen and oxygen atoms in total. The maximum absolute atomic E-state index is 13.3. The number of benzene rings is 1. The van der Waals surface area contributed by atoms with Crippen LogP contribution in [-0.2, 0) is 11.2 Å². The Kier molecular flexibility index (Phi) is 7.22. The summed E-state index contributed by atoms with van der Waals surface area (Å²) < 4.78 is 31.0. The van der Waals surface area contributed by atoms with Crippen molar-refractivity contribution in [2.75, 3.05) is 26.8 Å². The molecule has 18 heavy (non-hydrogen) atoms. The predicted octanol–water partition coefficient (Wildman–Crippen LogP) is 2.69. The molecule has 0 saturated carbocycles. The topological polar surface area (TPSA) is 21.3 Å². The first-order valence-corrected chi connectivity index (χ1v) is 6.02. The third-order valence-electron chi connectivity index (χ3n) is 2.48. The summed E-state index contributed by atoms with van der Waals surface area (Å²) >= 11 is 0. The largest absolute Gasteiger partial charge is 0.383 e. The summed E-state index contributed by atoms with van der Waals surface area (Å²) in [6.07, 6.45) is 5.10. The van der Waals surface area contributed by atoms with Crippen LogP contribution in [-0.4, -0.2) is 26.8 Å². The van der Waals surface area contributed by atoms with Gasteiger partial charge in [-0.2, -0.15) is 0 Å². The molecule has 1 aromatic rings. The summed E-state index contributed by atoms with van der Waals surface area (Å²) in [6, 6.07) is 3.52. The Morgan fingerprint density at radius 3 is 2.83 bits per heavy atom. The highest BCUT2D eigenvalue weighted by molar-refractivity contribution is 5.21. The Hall–Kier alpha value is -1.26. The number of rotatable bonds is 8. The Bertz CT molecular complexity index is 380. The minimum atomic E-state index is -0.402. The van der Waals surface area contributed by atoms with Gasteiger partial charge in [0.25, 0.3) is 0 Å². The van der Waals surface area contributed by atoms with Crippen LogP contribution >= 0.6 is 0 Å². The maximum atomic E-state index is 13.3. The van der Waals surface area contributed by atoms with Crippen LogP contribution < -0.4 is 5.32 Å². The highest BCUT2D eigenvalue weighted by Crippen LogP contribution is 2.10. The molecular formula is C14H19F2NO. The van der Waals surface area contributed by atoms with Gasteiger partial charge in [-0.3, -0.25) is 0 Å². The molecule has 0 fully saturated rings. The molecule has 4 heteroatoms. The zero-order valence-electron chi connectivity index (χ0n) is 10.6. The van der Waals surface area contributed by atoms with Crippen molar-refractivity contribution >= 4 is 0 Å². The zero-order valence-corrected chi connectivity index (χ0v) is 10.6. The highest BCUT2D eigenvalue weighted by atomic mass is 19.1. The summed E-state index contributed by atoms with van der Waals surface area (Å²) in [5, 5.41) is 3.20. The standard InChI is InChI=1S/C14H19F2NO/c1-18-10-9-17-8-4-2-3-5-12-11-13(15)6-7-14(12)16/h2-3,6-7,11,17H,4-5,8-10H2,1H3. The fraction of sp³-hybridized carbons (Fsp3) is 0.429. The fourth-order valence-corrected chi connectivity index (χ4v) is 1.51. The van der Waals surface area contributed by atoms with Crippen molar-refractivity contribution in [2.45, 2.75) is 12.8 Å². The number of allylic oxidation sites excluding steroid dienone is 1. The second-order valence-electron chi connectivity index (χ2n) is 3.94. The Labute approximate surface area is 107 Å². The lowest BCUT2D eigenvalue weighted by Crippen LogP contribution is -2.19. The first-order valence-electron chi connectivity index (χ1n) is 6.02. The molecule has 0 heterocycles. The summed E-state index contributed by atoms with van der Waals surface area (Å²) in [7, 11) is 1.66. The van der Waals surface area contributed by atoms with E-state index in [9.17, 15) is 8.78 Å². The van der Waals surface area contributed by atoms with Crippen molar-refractivity contribution in [3.8, 4) is 0 Å². The van der Waals surface area contributed by atoms with Gasteiger partial charge in [0.1, 0.15) is 11.6 Å². The summed E-state index contributed by atoms with van der Waals surface area (Å²) in [5.74, 6) is -0.764. The van der Waals surface area contributed by atoms with Crippen molar-refractivity contribution in [1.82, 2.24) is 5.32 Å². The van der Waals surface area contributed by atoms with Gasteiger partial charge >= 0.3 is 0 Å². The van der Waals surface area contributed by atoms with Crippen LogP contribution in [0.5, 0.6) is 0 Å². The van der Waals surface area contributed by atoms with Gasteiger partial charge in [-0.15, -0.1) is 0 Å². The molecule has 1 N–H and O–H groups in total. The minimum absolute atomic E-state index is 0.362. The molecule has 0 saturated heterocycles. The van der Waals surface area contributed by atoms with Crippen LogP contribution in [0.15, 0.2) is 30.4 Å². The van der Waals surface area contributed by atoms with Gasteiger partial charge in [-0.05, 0) is 43.1 Å². The van der Waals surface area contributed by atoms with Gasteiger partial charge in [0, 0.05) is 13.7 Å². The monoisotopic (exact) mass is 255 g/mol. The number of hydrogen-bond donors (Lipinski definition) is 1. The van der Waals surface area contributed by atoms with Crippen LogP contribution in [0.3, 0.4) is 0 Å². The van der Waals surface area contributed by atoms with E-state index in [1.165, 1.54) is 6.07 Å². The van der Waals surface area contributed by atoms with Crippen LogP contribution in [0.25, 0.3) is 0 Å². The molecule has 1 aromatic carbocycles. The summed E-state index contributed by atoms with van der Waals surface area (Å²) in [4.78, 5) is 0. The first-order chi connectivity index (χ1) is 8.74. The van der Waals surface area contributed by atoms with E-state index < -0.39 is 5.82 Å². The molecule has 0 atom stereocenters. The number of ether oxygens (including phenoxy) is 1. The van der Waals surface area contributed by atoms with Crippen LogP contribution in [0.1, 0.15) is 12.0 Å². The first kappa shape index (κ1) is 14.8. The van der Waals surface area contributed by atoms with Crippen LogP contribution in [0.4, 0.5) is 8.78 Å². The molecule has 0 aromatic heterocycles. The lowest BCUT2D eigenvalue weighted by Gasteiger charge is -2.01. The third kappa shape index (κ3) is 5.89. The van der Waals surface area contributed by atoms with E-state index in [4.69, 9.17) is 4.74 Å². The van der Waals surface area contributed by atoms with Crippen molar-refractivity contribution < 1.29 is 13.5 Å². The fourth-order valence-electron chi connectivity index (χ4n) is 1.51. The van der Waals surface area contributed by atoms with E-state index in [1.807, 2.05) is 12.2 Å². The Balaban J connectivity index is 2.21. The second-order valence-corrected chi connectivity index (χ2v) is 3.94. The predicted molar refractivity (Wildman–Crippen MR) is 68.6 cm³/mol. The van der Waals surface area contributed by atoms with E-state index in [-0.39, 0.29) is 5.82 Å². The average molecular weight is 255 g/mol. The van der Waals surface area contributed by atoms with E-state index in [0.717, 1.165) is 31.6 Å². The minimum Gasteiger partial charge on any atom is -0.383 e. The molecule has 0 aliphatic heterocycles. The third-order valence-corrected chi connectivity index (χ3v) is 2.48. The van der Waals surface area contributed by atoms with E-state index in [0.29, 0.717) is 18.6 Å². The molecule has 1 rings (SSSR count). The van der Waals surface area contributed by atoms with Gasteiger partial charge in [0.15, 0.2) is 0 Å². The van der Waals surface area contributed by atoms with Gasteiger partial charge in [-0.1, -0.05) is 12.2 Å². The van der Waals surface area contributed by atoms with Crippen molar-refractivity contribution in [2.24, 2.45) is 0 Å². The quantitative estimate of drug-likeness (QED) is 0.569. The Morgan fingerprint density at radius 1 is 1.22 bits per heavy atom. The van der Waals surface area contributed by atoms with Gasteiger partial charge in [-0.25, -0.2) is 8.78 Å². The molecule has 0 radical (unpaired) electrons. The van der Waals surface area contributed by atoms with Crippen molar-refractivity contribution in [3.63, 3.8) is 0 Å². The maximum Gasteiger partial charge on any atom is 0.126 e. The van der Waals surface area contributed by atoms with Crippen molar-refractivity contribution in [3.05, 3.63) is 47.5 Å². The van der Waals surface area contributed by atoms with Gasteiger partial charge in [0.2, 0.25) is 0 Å². The molecule has 0 aliphatic rings. The molecule has 0 amide bonds. The van der Waals surface area contributed by atoms with Crippen LogP contribution in [0.2, 0.25) is 0 Å². The van der Waals surface area contributed by atoms with Crippen molar-refractivity contribution in [1.29, 1.82) is 0 Å². The SMILES string of the molecule is COCCNCCC=CCc1cc(F)ccc1F. The highest BCUT2D eigenvalue weighted by Gasteiger charge is 2.01. The molecule has 0 spiro atoms. The normalized spacial score (nSPS) is 11.3. The lowest BCUT2D eigenvalue weighted by atomic mass is 10.1.